The van der Waals surface area contributed by atoms with Crippen molar-refractivity contribution in [3.8, 4) is 0 Å². The van der Waals surface area contributed by atoms with Gasteiger partial charge in [-0.1, -0.05) is 67.5 Å². The lowest BCUT2D eigenvalue weighted by Crippen LogP contribution is -2.68. The number of carbonyl (C=O) groups is 3. The standard InChI is InChI=1S/C45H73BNO15/c1-24(2)36(47)39(50)54-27(5)30-16-12-11-13-17-32(48)42(7,8)34-21-19-26(4)45(57-34)38-41(52)56-31-23-29(53-28(31)6)15-14-18-33(49)43(9,10)35-22-20-25(3)44(58-35)37(40(51)55-30)59-46(60-38,61-44)62-45/h11-12,24-38,48-49H,13-23,47H2,1-10H3/q-1/p+1. The highest BCUT2D eigenvalue weighted by molar-refractivity contribution is 6.56. The van der Waals surface area contributed by atoms with Gasteiger partial charge in [-0.15, -0.1) is 0 Å². The lowest BCUT2D eigenvalue weighted by Gasteiger charge is -2.52. The third-order valence-electron chi connectivity index (χ3n) is 15.6. The van der Waals surface area contributed by atoms with Crippen molar-refractivity contribution in [1.29, 1.82) is 0 Å². The maximum absolute atomic E-state index is 15.0. The molecule has 0 aromatic rings. The van der Waals surface area contributed by atoms with Crippen LogP contribution in [0.15, 0.2) is 12.2 Å². The molecule has 5 N–H and O–H groups in total. The summed E-state index contributed by atoms with van der Waals surface area (Å²) in [4.78, 5) is 43.0. The molecule has 6 fully saturated rings. The quantitative estimate of drug-likeness (QED) is 0.157. The monoisotopic (exact) mass is 880 g/mol. The molecule has 7 aliphatic rings. The van der Waals surface area contributed by atoms with Crippen LogP contribution in [0.3, 0.4) is 0 Å². The molecule has 6 saturated heterocycles. The van der Waals surface area contributed by atoms with Crippen molar-refractivity contribution in [2.75, 3.05) is 0 Å². The molecule has 0 aliphatic carbocycles. The van der Waals surface area contributed by atoms with E-state index in [1.807, 2.05) is 74.5 Å². The molecule has 7 rings (SSSR count). The Labute approximate surface area is 366 Å². The molecule has 9 bridgehead atoms. The van der Waals surface area contributed by atoms with E-state index in [4.69, 9.17) is 47.0 Å². The number of hydrogen-bond donors (Lipinski definition) is 3. The Balaban J connectivity index is 1.36. The van der Waals surface area contributed by atoms with Gasteiger partial charge in [0, 0.05) is 41.4 Å². The SMILES string of the molecule is CC(C)C([NH3+])C(=O)OC(C)C1CC=CCCC(O)C(C)(C)C2CCC(C)C3(O2)O[B-]24OC(C(=O)O1)C1(OC(CCC1C)C(C)(C)C(O)CCCC1CC(OC(=O)C3O2)C(C)O1)O4. The van der Waals surface area contributed by atoms with E-state index in [1.165, 1.54) is 0 Å². The van der Waals surface area contributed by atoms with Crippen LogP contribution in [-0.4, -0.2) is 120 Å². The molecule has 3 spiro atoms. The second-order valence-electron chi connectivity index (χ2n) is 21.0. The number of fused-ring (bicyclic) bond motifs is 6. The van der Waals surface area contributed by atoms with Crippen LogP contribution in [0.5, 0.6) is 0 Å². The summed E-state index contributed by atoms with van der Waals surface area (Å²) in [7, 11) is 0. The van der Waals surface area contributed by atoms with Gasteiger partial charge in [0.2, 0.25) is 0 Å². The second kappa shape index (κ2) is 17.9. The number of ether oxygens (including phenoxy) is 6. The van der Waals surface area contributed by atoms with E-state index in [1.54, 1.807) is 6.92 Å². The first-order valence-corrected chi connectivity index (χ1v) is 23.4. The molecule has 0 aromatic heterocycles. The molecule has 7 aliphatic heterocycles. The molecule has 16 nitrogen and oxygen atoms in total. The van der Waals surface area contributed by atoms with Crippen LogP contribution in [0.4, 0.5) is 0 Å². The van der Waals surface area contributed by atoms with Crippen LogP contribution in [0.1, 0.15) is 140 Å². The number of allylic oxidation sites excluding steroid dienone is 1. The number of aliphatic hydroxyl groups is 2. The van der Waals surface area contributed by atoms with Gasteiger partial charge in [-0.3, -0.25) is 0 Å². The van der Waals surface area contributed by atoms with Crippen molar-refractivity contribution in [1.82, 2.24) is 0 Å². The second-order valence-corrected chi connectivity index (χ2v) is 21.0. The number of quaternary nitrogens is 1. The summed E-state index contributed by atoms with van der Waals surface area (Å²) in [6.45, 7) is 15.3. The molecule has 17 unspecified atom stereocenters. The van der Waals surface area contributed by atoms with Crippen LogP contribution in [0.2, 0.25) is 0 Å². The zero-order chi connectivity index (χ0) is 45.2. The van der Waals surface area contributed by atoms with E-state index >= 15 is 4.79 Å². The highest BCUT2D eigenvalue weighted by Gasteiger charge is 2.73. The van der Waals surface area contributed by atoms with Crippen molar-refractivity contribution >= 4 is 24.9 Å². The van der Waals surface area contributed by atoms with Gasteiger partial charge in [0.25, 0.3) is 0 Å². The molecule has 62 heavy (non-hydrogen) atoms. The van der Waals surface area contributed by atoms with Gasteiger partial charge in [-0.25, -0.2) is 14.4 Å². The number of rotatable bonds is 4. The Bertz CT molecular complexity index is 1680. The van der Waals surface area contributed by atoms with Crippen molar-refractivity contribution in [3.05, 3.63) is 12.2 Å². The average molecular weight is 880 g/mol. The topological polar surface area (TPSA) is 212 Å². The lowest BCUT2D eigenvalue weighted by atomic mass is 9.73. The van der Waals surface area contributed by atoms with Gasteiger partial charge in [-0.05, 0) is 71.6 Å². The molecule has 7 heterocycles. The van der Waals surface area contributed by atoms with Gasteiger partial charge in [0.1, 0.15) is 18.3 Å². The maximum Gasteiger partial charge on any atom is 0.536 e. The normalized spacial score (nSPS) is 45.8. The van der Waals surface area contributed by atoms with Crippen molar-refractivity contribution < 1.29 is 77.4 Å². The van der Waals surface area contributed by atoms with E-state index in [0.717, 1.165) is 0 Å². The molecule has 0 radical (unpaired) electrons. The van der Waals surface area contributed by atoms with E-state index in [0.29, 0.717) is 64.2 Å². The van der Waals surface area contributed by atoms with Crippen LogP contribution in [0, 0.1) is 28.6 Å². The fourth-order valence-corrected chi connectivity index (χ4v) is 10.6. The third-order valence-corrected chi connectivity index (χ3v) is 15.6. The Kier molecular flexibility index (Phi) is 13.8. The average Bonchev–Trinajstić information content (AvgIpc) is 3.84. The zero-order valence-corrected chi connectivity index (χ0v) is 38.6. The number of aliphatic hydroxyl groups excluding tert-OH is 2. The van der Waals surface area contributed by atoms with Gasteiger partial charge in [0.05, 0.1) is 36.6 Å². The van der Waals surface area contributed by atoms with Crippen molar-refractivity contribution in [2.45, 2.75) is 225 Å². The first-order valence-electron chi connectivity index (χ1n) is 23.4. The highest BCUT2D eigenvalue weighted by Crippen LogP contribution is 2.57. The predicted octanol–water partition coefficient (Wildman–Crippen LogP) is 4.17. The minimum Gasteiger partial charge on any atom is -0.504 e. The molecule has 0 saturated carbocycles. The predicted molar refractivity (Wildman–Crippen MR) is 222 cm³/mol. The van der Waals surface area contributed by atoms with Crippen LogP contribution in [-0.2, 0) is 61.4 Å². The van der Waals surface area contributed by atoms with Gasteiger partial charge in [-0.2, -0.15) is 0 Å². The van der Waals surface area contributed by atoms with E-state index < -0.39 is 126 Å². The number of cyclic esters (lactones) is 1. The molecule has 17 heteroatoms. The first kappa shape index (κ1) is 47.8. The number of esters is 3. The largest absolute Gasteiger partial charge is 0.536 e. The number of hydrogen-bond acceptors (Lipinski definition) is 15. The molecule has 17 atom stereocenters. The molecular formula is C45H74BNO15. The summed E-state index contributed by atoms with van der Waals surface area (Å²) >= 11 is 0. The smallest absolute Gasteiger partial charge is 0.504 e. The Morgan fingerprint density at radius 2 is 1.34 bits per heavy atom. The molecular weight excluding hydrogens is 805 g/mol. The zero-order valence-electron chi connectivity index (χ0n) is 38.6. The van der Waals surface area contributed by atoms with Crippen LogP contribution in [0.25, 0.3) is 0 Å². The third kappa shape index (κ3) is 8.78. The summed E-state index contributed by atoms with van der Waals surface area (Å²) in [5.74, 6) is -7.04. The first-order chi connectivity index (χ1) is 29.0. The van der Waals surface area contributed by atoms with Crippen molar-refractivity contribution in [3.63, 3.8) is 0 Å². The maximum atomic E-state index is 15.0. The van der Waals surface area contributed by atoms with E-state index in [-0.39, 0.29) is 18.4 Å². The molecule has 0 aromatic carbocycles. The highest BCUT2D eigenvalue weighted by atomic mass is 17.0. The molecule has 0 amide bonds. The summed E-state index contributed by atoms with van der Waals surface area (Å²) in [6.07, 6.45) is -0.138. The fourth-order valence-electron chi connectivity index (χ4n) is 10.6. The lowest BCUT2D eigenvalue weighted by molar-refractivity contribution is -0.419. The van der Waals surface area contributed by atoms with E-state index in [9.17, 15) is 19.8 Å². The Hall–Kier alpha value is -2.19. The number of carbonyl (C=O) groups excluding carboxylic acids is 3. The minimum atomic E-state index is -3.52. The van der Waals surface area contributed by atoms with Crippen LogP contribution < -0.4 is 5.73 Å². The summed E-state index contributed by atoms with van der Waals surface area (Å²) in [5.41, 5.74) is 2.31. The fraction of sp³-hybridized carbons (Fsp3) is 0.889. The summed E-state index contributed by atoms with van der Waals surface area (Å²) in [6, 6.07) is -0.652. The Morgan fingerprint density at radius 1 is 0.790 bits per heavy atom. The van der Waals surface area contributed by atoms with Gasteiger partial charge >= 0.3 is 24.9 Å². The summed E-state index contributed by atoms with van der Waals surface area (Å²) in [5, 5.41) is 23.6. The summed E-state index contributed by atoms with van der Waals surface area (Å²) < 4.78 is 66.1. The minimum absolute atomic E-state index is 0.0893. The Morgan fingerprint density at radius 3 is 1.90 bits per heavy atom. The van der Waals surface area contributed by atoms with E-state index in [2.05, 4.69) is 5.73 Å². The molecule has 352 valence electrons. The van der Waals surface area contributed by atoms with Crippen LogP contribution >= 0.6 is 0 Å². The van der Waals surface area contributed by atoms with Crippen molar-refractivity contribution in [2.24, 2.45) is 28.6 Å². The van der Waals surface area contributed by atoms with Gasteiger partial charge in [0.15, 0.2) is 29.8 Å². The van der Waals surface area contributed by atoms with Gasteiger partial charge < -0.3 is 63.0 Å².